The molecular weight excluding hydrogens is 607 g/mol. The molecule has 11 heteroatoms. The first-order chi connectivity index (χ1) is 20.3. The summed E-state index contributed by atoms with van der Waals surface area (Å²) < 4.78 is 29.5. The molecule has 1 fully saturated rings. The van der Waals surface area contributed by atoms with Crippen molar-refractivity contribution in [2.75, 3.05) is 6.54 Å². The van der Waals surface area contributed by atoms with E-state index in [0.717, 1.165) is 21.6 Å². The minimum Gasteiger partial charge on any atom is -0.400 e. The van der Waals surface area contributed by atoms with Crippen LogP contribution in [0.4, 0.5) is 0 Å². The van der Waals surface area contributed by atoms with Gasteiger partial charge >= 0.3 is 20.9 Å². The van der Waals surface area contributed by atoms with Gasteiger partial charge in [-0.05, 0) is 74.2 Å². The number of carbonyl (C=O) groups excluding carboxylic acids is 2. The molecule has 3 aromatic carbocycles. The lowest BCUT2D eigenvalue weighted by Crippen LogP contribution is -2.75. The Kier molecular flexibility index (Phi) is 10.4. The van der Waals surface area contributed by atoms with Gasteiger partial charge in [-0.1, -0.05) is 97.6 Å². The fraction of sp³-hybridized carbons (Fsp3) is 0.312. The van der Waals surface area contributed by atoms with Gasteiger partial charge in [0, 0.05) is 6.08 Å². The highest BCUT2D eigenvalue weighted by Gasteiger charge is 2.62. The molecule has 1 aliphatic heterocycles. The Hall–Kier alpha value is -2.75. The molecule has 1 heterocycles. The van der Waals surface area contributed by atoms with Gasteiger partial charge in [0.25, 0.3) is 0 Å². The fourth-order valence-corrected chi connectivity index (χ4v) is 21.7. The van der Waals surface area contributed by atoms with Crippen LogP contribution in [0.3, 0.4) is 0 Å². The number of nitrogens with zero attached hydrogens (tertiary/aromatic N) is 1. The Morgan fingerprint density at radius 1 is 0.698 bits per heavy atom. The van der Waals surface area contributed by atoms with Crippen molar-refractivity contribution in [3.63, 3.8) is 0 Å². The molecule has 1 saturated heterocycles. The highest BCUT2D eigenvalue weighted by Crippen LogP contribution is 2.34. The molecule has 7 nitrogen and oxygen atoms in total. The molecule has 228 valence electrons. The lowest BCUT2D eigenvalue weighted by molar-refractivity contribution is -0.159. The average molecular weight is 650 g/mol. The van der Waals surface area contributed by atoms with Crippen molar-refractivity contribution in [3.05, 3.63) is 104 Å². The van der Waals surface area contributed by atoms with Gasteiger partial charge < -0.3 is 17.1 Å². The van der Waals surface area contributed by atoms with Crippen LogP contribution in [0.2, 0.25) is 39.3 Å². The zero-order valence-corrected chi connectivity index (χ0v) is 30.0. The maximum Gasteiger partial charge on any atom is 0.569 e. The van der Waals surface area contributed by atoms with E-state index in [2.05, 4.69) is 82.3 Å². The largest absolute Gasteiger partial charge is 0.569 e. The number of esters is 2. The van der Waals surface area contributed by atoms with E-state index in [0.29, 0.717) is 19.4 Å². The molecule has 0 aliphatic carbocycles. The predicted octanol–water partition coefficient (Wildman–Crippen LogP) is 4.53. The van der Waals surface area contributed by atoms with Crippen LogP contribution in [0.1, 0.15) is 12.8 Å². The molecule has 1 atom stereocenters. The second-order valence-corrected chi connectivity index (χ2v) is 27.1. The third-order valence-electron chi connectivity index (χ3n) is 7.80. The minimum atomic E-state index is -3.92. The first kappa shape index (κ1) is 33.1. The Balaban J connectivity index is 1.91. The molecular formula is C32H43NO6Si4. The highest BCUT2D eigenvalue weighted by atomic mass is 28.5. The molecule has 0 aromatic heterocycles. The van der Waals surface area contributed by atoms with Crippen molar-refractivity contribution in [1.29, 1.82) is 0 Å². The first-order valence-corrected chi connectivity index (χ1v) is 25.1. The standard InChI is InChI=1S/C32H43NO6Si4/c1-8-31(34)36-32(35)30-25-18-26-33(30)43(37-40(2,3)27-19-12-9-13-20-27,38-41(4,5)28-21-14-10-15-22-28)39-42(6,7)29-23-16-11-17-24-29/h8-17,19-24,30H,1,18,25-26H2,2-7H3/t30-/m0/s1. The van der Waals surface area contributed by atoms with Gasteiger partial charge in [0.05, 0.1) is 0 Å². The molecule has 0 N–H and O–H groups in total. The average Bonchev–Trinajstić information content (AvgIpc) is 3.49. The molecule has 1 aliphatic rings. The zero-order chi connectivity index (χ0) is 31.3. The van der Waals surface area contributed by atoms with Crippen molar-refractivity contribution >= 4 is 61.4 Å². The molecule has 0 radical (unpaired) electrons. The summed E-state index contributed by atoms with van der Waals surface area (Å²) in [6, 6.07) is 29.8. The number of benzene rings is 3. The quantitative estimate of drug-likeness (QED) is 0.124. The number of ether oxygens (including phenoxy) is 1. The lowest BCUT2D eigenvalue weighted by Gasteiger charge is -2.49. The van der Waals surface area contributed by atoms with Crippen LogP contribution in [-0.2, 0) is 26.7 Å². The maximum absolute atomic E-state index is 13.5. The van der Waals surface area contributed by atoms with Gasteiger partial charge in [-0.25, -0.2) is 14.2 Å². The molecule has 0 spiro atoms. The Morgan fingerprint density at radius 3 is 1.42 bits per heavy atom. The van der Waals surface area contributed by atoms with Gasteiger partial charge in [-0.15, -0.1) is 0 Å². The fourth-order valence-electron chi connectivity index (χ4n) is 5.45. The summed E-state index contributed by atoms with van der Waals surface area (Å²) in [6.07, 6.45) is 2.22. The van der Waals surface area contributed by atoms with Gasteiger partial charge in [0.15, 0.2) is 0 Å². The SMILES string of the molecule is C=CC(=O)OC(=O)[C@@H]1CCCN1[Si](O[Si](C)(C)c1ccccc1)(O[Si](C)(C)c1ccccc1)O[Si](C)(C)c1ccccc1. The van der Waals surface area contributed by atoms with Crippen molar-refractivity contribution in [2.24, 2.45) is 0 Å². The molecule has 0 saturated carbocycles. The van der Waals surface area contributed by atoms with E-state index in [9.17, 15) is 9.59 Å². The second-order valence-electron chi connectivity index (χ2n) is 12.3. The zero-order valence-electron chi connectivity index (χ0n) is 26.0. The summed E-state index contributed by atoms with van der Waals surface area (Å²) in [4.78, 5) is 25.7. The second kappa shape index (κ2) is 13.5. The third kappa shape index (κ3) is 7.86. The maximum atomic E-state index is 13.5. The summed E-state index contributed by atoms with van der Waals surface area (Å²) in [7, 11) is -12.0. The van der Waals surface area contributed by atoms with Crippen LogP contribution in [0, 0.1) is 0 Å². The molecule has 0 amide bonds. The number of rotatable bonds is 12. The smallest absolute Gasteiger partial charge is 0.400 e. The van der Waals surface area contributed by atoms with Crippen LogP contribution in [0.25, 0.3) is 0 Å². The van der Waals surface area contributed by atoms with Crippen LogP contribution < -0.4 is 15.6 Å². The molecule has 43 heavy (non-hydrogen) atoms. The van der Waals surface area contributed by atoms with Crippen LogP contribution in [-0.4, -0.2) is 63.0 Å². The van der Waals surface area contributed by atoms with E-state index in [1.54, 1.807) is 0 Å². The van der Waals surface area contributed by atoms with E-state index in [1.807, 2.05) is 59.2 Å². The molecule has 0 bridgehead atoms. The van der Waals surface area contributed by atoms with Gasteiger partial charge in [0.2, 0.25) is 25.0 Å². The van der Waals surface area contributed by atoms with Crippen molar-refractivity contribution < 1.29 is 26.7 Å². The van der Waals surface area contributed by atoms with Gasteiger partial charge in [-0.3, -0.25) is 0 Å². The Labute approximate surface area is 260 Å². The summed E-state index contributed by atoms with van der Waals surface area (Å²) in [5, 5.41) is 3.29. The highest BCUT2D eigenvalue weighted by molar-refractivity contribution is 6.98. The topological polar surface area (TPSA) is 74.3 Å². The van der Waals surface area contributed by atoms with E-state index in [1.165, 1.54) is 0 Å². The van der Waals surface area contributed by atoms with Crippen molar-refractivity contribution in [3.8, 4) is 0 Å². The minimum absolute atomic E-state index is 0.502. The summed E-state index contributed by atoms with van der Waals surface area (Å²) in [5.74, 6) is -1.41. The first-order valence-electron chi connectivity index (χ1n) is 14.7. The molecule has 3 aromatic rings. The van der Waals surface area contributed by atoms with Crippen LogP contribution in [0.15, 0.2) is 104 Å². The lowest BCUT2D eigenvalue weighted by atomic mass is 10.2. The van der Waals surface area contributed by atoms with Gasteiger partial charge in [0.1, 0.15) is 6.04 Å². The molecule has 4 rings (SSSR count). The molecule has 0 unspecified atom stereocenters. The van der Waals surface area contributed by atoms with E-state index in [-0.39, 0.29) is 0 Å². The summed E-state index contributed by atoms with van der Waals surface area (Å²) in [6.45, 7) is 16.9. The van der Waals surface area contributed by atoms with Crippen molar-refractivity contribution in [2.45, 2.75) is 58.2 Å². The Morgan fingerprint density at radius 2 is 1.07 bits per heavy atom. The summed E-state index contributed by atoms with van der Waals surface area (Å²) in [5.41, 5.74) is 0. The number of hydrogen-bond acceptors (Lipinski definition) is 7. The van der Waals surface area contributed by atoms with E-state index >= 15 is 0 Å². The third-order valence-corrected chi connectivity index (χ3v) is 23.4. The summed E-state index contributed by atoms with van der Waals surface area (Å²) >= 11 is 0. The van der Waals surface area contributed by atoms with Crippen LogP contribution in [0.5, 0.6) is 0 Å². The van der Waals surface area contributed by atoms with E-state index in [4.69, 9.17) is 17.1 Å². The number of carbonyl (C=O) groups is 2. The predicted molar refractivity (Wildman–Crippen MR) is 181 cm³/mol. The normalized spacial score (nSPS) is 16.6. The van der Waals surface area contributed by atoms with Crippen LogP contribution >= 0.6 is 0 Å². The number of hydrogen-bond donors (Lipinski definition) is 0. The van der Waals surface area contributed by atoms with E-state index < -0.39 is 51.9 Å². The Bertz CT molecular complexity index is 1270. The van der Waals surface area contributed by atoms with Gasteiger partial charge in [-0.2, -0.15) is 0 Å². The monoisotopic (exact) mass is 649 g/mol. The van der Waals surface area contributed by atoms with Crippen molar-refractivity contribution in [1.82, 2.24) is 4.57 Å².